The van der Waals surface area contributed by atoms with Gasteiger partial charge in [-0.15, -0.1) is 0 Å². The van der Waals surface area contributed by atoms with Crippen LogP contribution in [0.25, 0.3) is 0 Å². The summed E-state index contributed by atoms with van der Waals surface area (Å²) in [5.41, 5.74) is -0.891. The minimum atomic E-state index is -1.30. The van der Waals surface area contributed by atoms with Crippen molar-refractivity contribution in [3.05, 3.63) is 35.9 Å². The van der Waals surface area contributed by atoms with Crippen LogP contribution < -0.4 is 21.3 Å². The summed E-state index contributed by atoms with van der Waals surface area (Å²) in [6.07, 6.45) is 4.85. The Hall–Kier alpha value is -3.23. The lowest BCUT2D eigenvalue weighted by Gasteiger charge is -2.28. The van der Waals surface area contributed by atoms with Gasteiger partial charge in [0.25, 0.3) is 11.8 Å². The number of Topliss-reactive ketones (excluding diaryl/α,β-unsaturated/α-hetero) is 1. The Kier molecular flexibility index (Phi) is 9.98. The number of carbonyl (C=O) groups excluding carboxylic acids is 5. The minimum absolute atomic E-state index is 0.0183. The molecule has 9 nitrogen and oxygen atoms in total. The quantitative estimate of drug-likeness (QED) is 0.375. The lowest BCUT2D eigenvalue weighted by atomic mass is 9.94. The van der Waals surface area contributed by atoms with Crippen LogP contribution in [0.5, 0.6) is 0 Å². The maximum atomic E-state index is 12.8. The first-order valence-electron chi connectivity index (χ1n) is 12.3. The van der Waals surface area contributed by atoms with E-state index < -0.39 is 47.0 Å². The number of hydrogen-bond donors (Lipinski definition) is 4. The van der Waals surface area contributed by atoms with Crippen LogP contribution in [0, 0.1) is 5.92 Å². The average Bonchev–Trinajstić information content (AvgIpc) is 2.82. The van der Waals surface area contributed by atoms with Gasteiger partial charge < -0.3 is 21.3 Å². The molecule has 4 N–H and O–H groups in total. The highest BCUT2D eigenvalue weighted by molar-refractivity contribution is 6.38. The molecule has 1 fully saturated rings. The molecule has 0 bridgehead atoms. The summed E-state index contributed by atoms with van der Waals surface area (Å²) >= 11 is 0. The van der Waals surface area contributed by atoms with Crippen molar-refractivity contribution in [2.45, 2.75) is 90.4 Å². The van der Waals surface area contributed by atoms with E-state index in [0.29, 0.717) is 5.56 Å². The van der Waals surface area contributed by atoms with E-state index in [1.807, 2.05) is 0 Å². The van der Waals surface area contributed by atoms with E-state index in [0.717, 1.165) is 32.1 Å². The number of hydrogen-bond acceptors (Lipinski definition) is 5. The number of amides is 4. The summed E-state index contributed by atoms with van der Waals surface area (Å²) in [7, 11) is 0. The predicted octanol–water partition coefficient (Wildman–Crippen LogP) is 1.86. The number of nitrogens with one attached hydrogen (secondary N) is 4. The van der Waals surface area contributed by atoms with Crippen molar-refractivity contribution in [3.63, 3.8) is 0 Å². The van der Waals surface area contributed by atoms with Crippen LogP contribution in [0.4, 0.5) is 0 Å². The van der Waals surface area contributed by atoms with E-state index in [1.165, 1.54) is 20.8 Å². The molecule has 35 heavy (non-hydrogen) atoms. The number of ketones is 1. The Morgan fingerprint density at radius 2 is 1.49 bits per heavy atom. The maximum Gasteiger partial charge on any atom is 0.289 e. The van der Waals surface area contributed by atoms with Crippen molar-refractivity contribution in [3.8, 4) is 0 Å². The standard InChI is InChI=1S/C26H38N4O5/c1-16(2)20(21(31)24(34)28-19-14-10-7-11-15-19)29-22(32)17(3)27-25(35)26(4,5)30-23(33)18-12-8-6-9-13-18/h6,8-9,12-13,16-17,19-20H,7,10-11,14-15H2,1-5H3,(H,27,35)(H,28,34)(H,29,32)(H,30,33)/t17-,20-/m0/s1. The first kappa shape index (κ1) is 28.0. The molecule has 1 aliphatic rings. The SMILES string of the molecule is CC(C)[C@H](NC(=O)[C@H](C)NC(=O)C(C)(C)NC(=O)c1ccccc1)C(=O)C(=O)NC1CCCCC1. The Bertz CT molecular complexity index is 923. The molecule has 0 heterocycles. The fraction of sp³-hybridized carbons (Fsp3) is 0.577. The van der Waals surface area contributed by atoms with Gasteiger partial charge in [-0.2, -0.15) is 0 Å². The Morgan fingerprint density at radius 1 is 0.886 bits per heavy atom. The second kappa shape index (κ2) is 12.5. The molecule has 0 radical (unpaired) electrons. The molecule has 9 heteroatoms. The molecule has 2 rings (SSSR count). The van der Waals surface area contributed by atoms with Gasteiger partial charge in [0.1, 0.15) is 11.6 Å². The third-order valence-electron chi connectivity index (χ3n) is 6.18. The molecule has 0 spiro atoms. The molecule has 0 saturated heterocycles. The third-order valence-corrected chi connectivity index (χ3v) is 6.18. The van der Waals surface area contributed by atoms with Crippen molar-refractivity contribution in [1.29, 1.82) is 0 Å². The number of rotatable bonds is 10. The summed E-state index contributed by atoms with van der Waals surface area (Å²) < 4.78 is 0. The Labute approximate surface area is 207 Å². The molecular formula is C26H38N4O5. The average molecular weight is 487 g/mol. The largest absolute Gasteiger partial charge is 0.347 e. The Morgan fingerprint density at radius 3 is 2.06 bits per heavy atom. The van der Waals surface area contributed by atoms with Crippen molar-refractivity contribution in [2.24, 2.45) is 5.92 Å². The van der Waals surface area contributed by atoms with Gasteiger partial charge >= 0.3 is 0 Å². The fourth-order valence-corrected chi connectivity index (χ4v) is 3.90. The molecule has 1 saturated carbocycles. The van der Waals surface area contributed by atoms with Crippen LogP contribution in [0.1, 0.15) is 77.1 Å². The highest BCUT2D eigenvalue weighted by Gasteiger charge is 2.35. The zero-order valence-corrected chi connectivity index (χ0v) is 21.3. The van der Waals surface area contributed by atoms with Gasteiger partial charge in [0.2, 0.25) is 17.6 Å². The summed E-state index contributed by atoms with van der Waals surface area (Å²) in [6, 6.07) is 6.45. The van der Waals surface area contributed by atoms with E-state index in [-0.39, 0.29) is 12.0 Å². The number of benzene rings is 1. The smallest absolute Gasteiger partial charge is 0.289 e. The van der Waals surface area contributed by atoms with Crippen molar-refractivity contribution in [1.82, 2.24) is 21.3 Å². The zero-order chi connectivity index (χ0) is 26.2. The Balaban J connectivity index is 1.94. The van der Waals surface area contributed by atoms with Crippen molar-refractivity contribution >= 4 is 29.4 Å². The van der Waals surface area contributed by atoms with E-state index >= 15 is 0 Å². The zero-order valence-electron chi connectivity index (χ0n) is 21.3. The van der Waals surface area contributed by atoms with Crippen molar-refractivity contribution in [2.75, 3.05) is 0 Å². The highest BCUT2D eigenvalue weighted by atomic mass is 16.2. The fourth-order valence-electron chi connectivity index (χ4n) is 3.90. The van der Waals surface area contributed by atoms with Gasteiger partial charge in [0.15, 0.2) is 0 Å². The summed E-state index contributed by atoms with van der Waals surface area (Å²) in [6.45, 7) is 8.02. The summed E-state index contributed by atoms with van der Waals surface area (Å²) in [4.78, 5) is 63.3. The van der Waals surface area contributed by atoms with Gasteiger partial charge in [-0.1, -0.05) is 51.3 Å². The highest BCUT2D eigenvalue weighted by Crippen LogP contribution is 2.17. The lowest BCUT2D eigenvalue weighted by molar-refractivity contribution is -0.141. The van der Waals surface area contributed by atoms with Gasteiger partial charge in [0.05, 0.1) is 6.04 Å². The molecule has 1 aromatic carbocycles. The van der Waals surface area contributed by atoms with Crippen LogP contribution in [0.3, 0.4) is 0 Å². The molecule has 0 unspecified atom stereocenters. The van der Waals surface area contributed by atoms with Crippen LogP contribution in [-0.4, -0.2) is 53.1 Å². The minimum Gasteiger partial charge on any atom is -0.347 e. The molecule has 0 aromatic heterocycles. The van der Waals surface area contributed by atoms with Gasteiger partial charge in [0, 0.05) is 11.6 Å². The second-order valence-electron chi connectivity index (χ2n) is 10.0. The van der Waals surface area contributed by atoms with Crippen LogP contribution >= 0.6 is 0 Å². The predicted molar refractivity (Wildman–Crippen MR) is 132 cm³/mol. The number of carbonyl (C=O) groups is 5. The van der Waals surface area contributed by atoms with Crippen LogP contribution in [-0.2, 0) is 19.2 Å². The molecule has 0 aliphatic heterocycles. The van der Waals surface area contributed by atoms with E-state index in [2.05, 4.69) is 21.3 Å². The van der Waals surface area contributed by atoms with Crippen molar-refractivity contribution < 1.29 is 24.0 Å². The van der Waals surface area contributed by atoms with Gasteiger partial charge in [-0.25, -0.2) is 0 Å². The van der Waals surface area contributed by atoms with E-state index in [1.54, 1.807) is 44.2 Å². The summed E-state index contributed by atoms with van der Waals surface area (Å²) in [5, 5.41) is 10.6. The van der Waals surface area contributed by atoms with Gasteiger partial charge in [-0.05, 0) is 51.7 Å². The third kappa shape index (κ3) is 8.19. The van der Waals surface area contributed by atoms with Crippen LogP contribution in [0.15, 0.2) is 30.3 Å². The molecule has 4 amide bonds. The maximum absolute atomic E-state index is 12.8. The molecule has 192 valence electrons. The monoisotopic (exact) mass is 486 g/mol. The first-order valence-corrected chi connectivity index (χ1v) is 12.3. The normalized spacial score (nSPS) is 16.1. The molecule has 2 atom stereocenters. The van der Waals surface area contributed by atoms with Crippen LogP contribution in [0.2, 0.25) is 0 Å². The molecular weight excluding hydrogens is 448 g/mol. The van der Waals surface area contributed by atoms with Gasteiger partial charge in [-0.3, -0.25) is 24.0 Å². The van der Waals surface area contributed by atoms with E-state index in [9.17, 15) is 24.0 Å². The van der Waals surface area contributed by atoms with E-state index in [4.69, 9.17) is 0 Å². The molecule has 1 aliphatic carbocycles. The first-order chi connectivity index (χ1) is 16.4. The second-order valence-corrected chi connectivity index (χ2v) is 10.0. The topological polar surface area (TPSA) is 133 Å². The lowest BCUT2D eigenvalue weighted by Crippen LogP contribution is -2.60. The summed E-state index contributed by atoms with van der Waals surface area (Å²) in [5.74, 6) is -3.30. The molecule has 1 aromatic rings.